The summed E-state index contributed by atoms with van der Waals surface area (Å²) in [6.45, 7) is 1.52. The largest absolute Gasteiger partial charge is 0.494 e. The Bertz CT molecular complexity index is 1130. The molecule has 8 nitrogen and oxygen atoms in total. The smallest absolute Gasteiger partial charge is 0.331 e. The van der Waals surface area contributed by atoms with Gasteiger partial charge in [-0.05, 0) is 24.6 Å². The van der Waals surface area contributed by atoms with Crippen molar-refractivity contribution in [2.75, 3.05) is 0 Å². The Balaban J connectivity index is 1.92. The molecular weight excluding hydrogens is 360 g/mol. The first-order valence-corrected chi connectivity index (χ1v) is 8.47. The van der Waals surface area contributed by atoms with Gasteiger partial charge in [-0.3, -0.25) is 19.1 Å². The topological polar surface area (TPSA) is 117 Å². The van der Waals surface area contributed by atoms with Crippen LogP contribution >= 0.6 is 0 Å². The van der Waals surface area contributed by atoms with E-state index >= 15 is 0 Å². The number of rotatable bonds is 5. The lowest BCUT2D eigenvalue weighted by Gasteiger charge is -2.11. The lowest BCUT2D eigenvalue weighted by Crippen LogP contribution is -2.34. The van der Waals surface area contributed by atoms with Gasteiger partial charge in [-0.25, -0.2) is 10.2 Å². The number of hydrogen-bond acceptors (Lipinski definition) is 5. The first kappa shape index (κ1) is 18.8. The molecule has 0 spiro atoms. The number of nitrogens with zero attached hydrogens (tertiary/aromatic N) is 2. The molecule has 2 aromatic carbocycles. The Morgan fingerprint density at radius 1 is 1.07 bits per heavy atom. The zero-order chi connectivity index (χ0) is 20.1. The molecule has 0 aliphatic heterocycles. The minimum absolute atomic E-state index is 0.0600. The summed E-state index contributed by atoms with van der Waals surface area (Å²) in [4.78, 5) is 38.6. The van der Waals surface area contributed by atoms with Gasteiger partial charge < -0.3 is 5.11 Å². The van der Waals surface area contributed by atoms with Gasteiger partial charge in [0.1, 0.15) is 5.56 Å². The van der Waals surface area contributed by atoms with Crippen LogP contribution in [0.1, 0.15) is 28.4 Å². The second-order valence-corrected chi connectivity index (χ2v) is 6.03. The molecule has 1 aromatic heterocycles. The van der Waals surface area contributed by atoms with Gasteiger partial charge >= 0.3 is 5.69 Å². The minimum Gasteiger partial charge on any atom is -0.494 e. The van der Waals surface area contributed by atoms with Gasteiger partial charge in [-0.2, -0.15) is 5.10 Å². The summed E-state index contributed by atoms with van der Waals surface area (Å²) in [5.41, 5.74) is 1.84. The molecule has 0 atom stereocenters. The summed E-state index contributed by atoms with van der Waals surface area (Å²) in [5, 5.41) is 14.4. The molecule has 3 aromatic rings. The summed E-state index contributed by atoms with van der Waals surface area (Å²) in [5.74, 6) is -0.985. The van der Waals surface area contributed by atoms with Crippen molar-refractivity contribution in [3.63, 3.8) is 0 Å². The Morgan fingerprint density at radius 2 is 1.68 bits per heavy atom. The number of aromatic amines is 1. The third-order valence-corrected chi connectivity index (χ3v) is 4.08. The van der Waals surface area contributed by atoms with Crippen LogP contribution in [0.2, 0.25) is 0 Å². The second kappa shape index (κ2) is 8.17. The molecule has 0 radical (unpaired) electrons. The molecule has 0 saturated heterocycles. The molecule has 142 valence electrons. The number of carbonyl (C=O) groups excluding carboxylic acids is 1. The predicted molar refractivity (Wildman–Crippen MR) is 105 cm³/mol. The number of nitrogens with one attached hydrogen (secondary N) is 2. The third-order valence-electron chi connectivity index (χ3n) is 4.08. The van der Waals surface area contributed by atoms with Crippen molar-refractivity contribution in [2.45, 2.75) is 13.5 Å². The van der Waals surface area contributed by atoms with E-state index in [4.69, 9.17) is 0 Å². The van der Waals surface area contributed by atoms with Crippen molar-refractivity contribution in [3.8, 4) is 5.88 Å². The van der Waals surface area contributed by atoms with E-state index < -0.39 is 23.0 Å². The van der Waals surface area contributed by atoms with Crippen LogP contribution in [0.15, 0.2) is 75.4 Å². The number of H-pyrrole nitrogens is 1. The number of aromatic hydroxyl groups is 1. The number of hydrogen-bond donors (Lipinski definition) is 3. The van der Waals surface area contributed by atoms with Crippen LogP contribution in [0.4, 0.5) is 0 Å². The Morgan fingerprint density at radius 3 is 2.32 bits per heavy atom. The van der Waals surface area contributed by atoms with Crippen molar-refractivity contribution in [2.24, 2.45) is 5.10 Å². The van der Waals surface area contributed by atoms with Crippen LogP contribution in [-0.4, -0.2) is 26.3 Å². The lowest BCUT2D eigenvalue weighted by molar-refractivity contribution is 0.0955. The SMILES string of the molecule is C/C(=N\NC(=O)c1ccccc1)c1c(O)n(Cc2ccccc2)c(=O)[nH]c1=O. The summed E-state index contributed by atoms with van der Waals surface area (Å²) in [7, 11) is 0. The van der Waals surface area contributed by atoms with Crippen molar-refractivity contribution in [1.29, 1.82) is 0 Å². The van der Waals surface area contributed by atoms with Crippen molar-refractivity contribution >= 4 is 11.6 Å². The molecule has 0 aliphatic rings. The van der Waals surface area contributed by atoms with E-state index in [0.717, 1.165) is 10.1 Å². The second-order valence-electron chi connectivity index (χ2n) is 6.03. The van der Waals surface area contributed by atoms with Crippen LogP contribution < -0.4 is 16.7 Å². The maximum Gasteiger partial charge on any atom is 0.331 e. The van der Waals surface area contributed by atoms with Crippen LogP contribution in [0.3, 0.4) is 0 Å². The van der Waals surface area contributed by atoms with E-state index in [1.807, 2.05) is 6.07 Å². The molecule has 0 saturated carbocycles. The summed E-state index contributed by atoms with van der Waals surface area (Å²) < 4.78 is 1.03. The standard InChI is InChI=1S/C20H18N4O4/c1-13(22-23-17(25)15-10-6-3-7-11-15)16-18(26)21-20(28)24(19(16)27)12-14-8-4-2-5-9-14/h2-11,27H,12H2,1H3,(H,23,25)(H,21,26,28)/b22-13+. The number of benzene rings is 2. The maximum atomic E-state index is 12.2. The van der Waals surface area contributed by atoms with Gasteiger partial charge in [-0.15, -0.1) is 0 Å². The number of hydrazone groups is 1. The fraction of sp³-hybridized carbons (Fsp3) is 0.100. The van der Waals surface area contributed by atoms with Gasteiger partial charge in [-0.1, -0.05) is 48.5 Å². The average Bonchev–Trinajstić information content (AvgIpc) is 2.70. The monoisotopic (exact) mass is 378 g/mol. The van der Waals surface area contributed by atoms with Crippen molar-refractivity contribution in [1.82, 2.24) is 15.0 Å². The Hall–Kier alpha value is -3.94. The van der Waals surface area contributed by atoms with Crippen LogP contribution in [0.5, 0.6) is 5.88 Å². The van der Waals surface area contributed by atoms with Crippen LogP contribution in [-0.2, 0) is 6.54 Å². The van der Waals surface area contributed by atoms with Crippen LogP contribution in [0, 0.1) is 0 Å². The summed E-state index contributed by atoms with van der Waals surface area (Å²) >= 11 is 0. The Labute approximate surface area is 159 Å². The molecule has 8 heteroatoms. The first-order valence-electron chi connectivity index (χ1n) is 8.47. The first-order chi connectivity index (χ1) is 13.5. The molecule has 0 aliphatic carbocycles. The van der Waals surface area contributed by atoms with E-state index in [9.17, 15) is 19.5 Å². The molecule has 3 N–H and O–H groups in total. The fourth-order valence-electron chi connectivity index (χ4n) is 2.64. The molecule has 1 amide bonds. The molecule has 28 heavy (non-hydrogen) atoms. The van der Waals surface area contributed by atoms with Gasteiger partial charge in [0.25, 0.3) is 11.5 Å². The Kier molecular flexibility index (Phi) is 5.50. The quantitative estimate of drug-likeness (QED) is 0.460. The molecule has 0 unspecified atom stereocenters. The number of aromatic nitrogens is 2. The zero-order valence-electron chi connectivity index (χ0n) is 15.0. The van der Waals surface area contributed by atoms with Gasteiger partial charge in [0.05, 0.1) is 12.3 Å². The minimum atomic E-state index is -0.790. The number of amides is 1. The van der Waals surface area contributed by atoms with E-state index in [0.29, 0.717) is 5.56 Å². The predicted octanol–water partition coefficient (Wildman–Crippen LogP) is 1.44. The van der Waals surface area contributed by atoms with Gasteiger partial charge in [0.15, 0.2) is 0 Å². The van der Waals surface area contributed by atoms with Crippen LogP contribution in [0.25, 0.3) is 0 Å². The van der Waals surface area contributed by atoms with E-state index in [-0.39, 0.29) is 17.8 Å². The fourth-order valence-corrected chi connectivity index (χ4v) is 2.64. The summed E-state index contributed by atoms with van der Waals surface area (Å²) in [6, 6.07) is 17.4. The van der Waals surface area contributed by atoms with Gasteiger partial charge in [0.2, 0.25) is 5.88 Å². The number of carbonyl (C=O) groups is 1. The van der Waals surface area contributed by atoms with E-state index in [1.165, 1.54) is 6.92 Å². The highest BCUT2D eigenvalue weighted by Gasteiger charge is 2.17. The summed E-state index contributed by atoms with van der Waals surface area (Å²) in [6.07, 6.45) is 0. The third kappa shape index (κ3) is 4.07. The highest BCUT2D eigenvalue weighted by atomic mass is 16.3. The molecule has 0 bridgehead atoms. The molecule has 3 rings (SSSR count). The normalized spacial score (nSPS) is 11.2. The molecule has 0 fully saturated rings. The van der Waals surface area contributed by atoms with Crippen molar-refractivity contribution < 1.29 is 9.90 Å². The zero-order valence-corrected chi connectivity index (χ0v) is 15.0. The maximum absolute atomic E-state index is 12.2. The van der Waals surface area contributed by atoms with Gasteiger partial charge in [0, 0.05) is 5.56 Å². The van der Waals surface area contributed by atoms with E-state index in [1.54, 1.807) is 54.6 Å². The molecular formula is C20H18N4O4. The average molecular weight is 378 g/mol. The van der Waals surface area contributed by atoms with Crippen molar-refractivity contribution in [3.05, 3.63) is 98.2 Å². The molecule has 1 heterocycles. The lowest BCUT2D eigenvalue weighted by atomic mass is 10.2. The highest BCUT2D eigenvalue weighted by molar-refractivity contribution is 6.02. The van der Waals surface area contributed by atoms with E-state index in [2.05, 4.69) is 15.5 Å². The highest BCUT2D eigenvalue weighted by Crippen LogP contribution is 2.13.